The van der Waals surface area contributed by atoms with Gasteiger partial charge in [-0.05, 0) is 43.3 Å². The number of hydrogen-bond donors (Lipinski definition) is 1. The van der Waals surface area contributed by atoms with E-state index >= 15 is 0 Å². The zero-order valence-corrected chi connectivity index (χ0v) is 12.3. The number of carboxylic acid groups (broad SMARTS) is 1. The number of aryl methyl sites for hydroxylation is 1. The van der Waals surface area contributed by atoms with E-state index in [9.17, 15) is 9.59 Å². The van der Waals surface area contributed by atoms with E-state index in [1.54, 1.807) is 37.3 Å². The molecule has 0 saturated heterocycles. The molecule has 0 atom stereocenters. The summed E-state index contributed by atoms with van der Waals surface area (Å²) in [7, 11) is 1.32. The third-order valence-electron chi connectivity index (χ3n) is 2.72. The molecule has 1 aromatic heterocycles. The van der Waals surface area contributed by atoms with Crippen LogP contribution in [0.25, 0.3) is 0 Å². The molecule has 0 saturated carbocycles. The summed E-state index contributed by atoms with van der Waals surface area (Å²) in [4.78, 5) is 27.6. The largest absolute Gasteiger partial charge is 0.478 e. The molecule has 0 amide bonds. The molecule has 0 aliphatic carbocycles. The maximum Gasteiger partial charge on any atom is 0.338 e. The lowest BCUT2D eigenvalue weighted by Crippen LogP contribution is -2.02. The van der Waals surface area contributed by atoms with Crippen LogP contribution in [0, 0.1) is 6.92 Å². The second-order valence-corrected chi connectivity index (χ2v) is 5.29. The number of pyridine rings is 1. The van der Waals surface area contributed by atoms with Crippen molar-refractivity contribution in [3.63, 3.8) is 0 Å². The first-order valence-electron chi connectivity index (χ1n) is 6.08. The third-order valence-corrected chi connectivity index (χ3v) is 3.73. The summed E-state index contributed by atoms with van der Waals surface area (Å²) >= 11 is 1.24. The van der Waals surface area contributed by atoms with Crippen molar-refractivity contribution in [3.8, 4) is 0 Å². The van der Waals surface area contributed by atoms with Crippen LogP contribution in [0.15, 0.2) is 46.3 Å². The number of benzene rings is 1. The van der Waals surface area contributed by atoms with Gasteiger partial charge in [-0.15, -0.1) is 0 Å². The van der Waals surface area contributed by atoms with Crippen LogP contribution in [-0.2, 0) is 4.74 Å². The van der Waals surface area contributed by atoms with Gasteiger partial charge in [-0.25, -0.2) is 14.6 Å². The summed E-state index contributed by atoms with van der Waals surface area (Å²) in [6, 6.07) is 9.91. The van der Waals surface area contributed by atoms with Crippen LogP contribution in [0.4, 0.5) is 0 Å². The lowest BCUT2D eigenvalue weighted by Gasteiger charge is -2.06. The van der Waals surface area contributed by atoms with Crippen molar-refractivity contribution in [2.75, 3.05) is 7.11 Å². The van der Waals surface area contributed by atoms with Crippen LogP contribution in [-0.4, -0.2) is 29.1 Å². The average Bonchev–Trinajstić information content (AvgIpc) is 2.47. The molecule has 0 unspecified atom stereocenters. The van der Waals surface area contributed by atoms with Gasteiger partial charge < -0.3 is 9.84 Å². The van der Waals surface area contributed by atoms with Gasteiger partial charge in [-0.3, -0.25) is 0 Å². The Bertz CT molecular complexity index is 683. The Hall–Kier alpha value is -2.34. The van der Waals surface area contributed by atoms with Crippen LogP contribution in [0.5, 0.6) is 0 Å². The van der Waals surface area contributed by atoms with Gasteiger partial charge in [0.25, 0.3) is 0 Å². The number of hydrogen-bond acceptors (Lipinski definition) is 5. The van der Waals surface area contributed by atoms with E-state index in [1.807, 2.05) is 0 Å². The highest BCUT2D eigenvalue weighted by Gasteiger charge is 2.13. The summed E-state index contributed by atoms with van der Waals surface area (Å²) in [5, 5.41) is 9.59. The van der Waals surface area contributed by atoms with Crippen molar-refractivity contribution in [1.82, 2.24) is 4.98 Å². The van der Waals surface area contributed by atoms with Crippen molar-refractivity contribution >= 4 is 23.7 Å². The topological polar surface area (TPSA) is 76.5 Å². The van der Waals surface area contributed by atoms with Gasteiger partial charge in [0.1, 0.15) is 5.03 Å². The maximum atomic E-state index is 11.4. The molecule has 0 aliphatic rings. The highest BCUT2D eigenvalue weighted by molar-refractivity contribution is 7.99. The van der Waals surface area contributed by atoms with Crippen molar-refractivity contribution in [2.24, 2.45) is 0 Å². The SMILES string of the molecule is COC(=O)c1ccc(Sc2nc(C)ccc2C(=O)O)cc1. The normalized spacial score (nSPS) is 10.2. The fraction of sp³-hybridized carbons (Fsp3) is 0.133. The summed E-state index contributed by atoms with van der Waals surface area (Å²) in [6.07, 6.45) is 0. The van der Waals surface area contributed by atoms with Crippen LogP contribution in [0.2, 0.25) is 0 Å². The number of aromatic carboxylic acids is 1. The molecule has 0 aliphatic heterocycles. The number of ether oxygens (including phenoxy) is 1. The number of carboxylic acids is 1. The van der Waals surface area contributed by atoms with Gasteiger partial charge in [0, 0.05) is 10.6 Å². The first kappa shape index (κ1) is 15.1. The Labute approximate surface area is 126 Å². The van der Waals surface area contributed by atoms with Gasteiger partial charge in [-0.1, -0.05) is 11.8 Å². The minimum absolute atomic E-state index is 0.155. The van der Waals surface area contributed by atoms with Gasteiger partial charge in [0.2, 0.25) is 0 Å². The smallest absolute Gasteiger partial charge is 0.338 e. The van der Waals surface area contributed by atoms with E-state index in [4.69, 9.17) is 5.11 Å². The second-order valence-electron chi connectivity index (χ2n) is 4.23. The van der Waals surface area contributed by atoms with Crippen LogP contribution >= 0.6 is 11.8 Å². The van der Waals surface area contributed by atoms with E-state index < -0.39 is 11.9 Å². The van der Waals surface area contributed by atoms with Crippen molar-refractivity contribution < 1.29 is 19.4 Å². The van der Waals surface area contributed by atoms with Crippen molar-refractivity contribution in [2.45, 2.75) is 16.8 Å². The Balaban J connectivity index is 2.28. The van der Waals surface area contributed by atoms with E-state index in [0.29, 0.717) is 10.6 Å². The number of carbonyl (C=O) groups is 2. The Morgan fingerprint density at radius 1 is 1.14 bits per heavy atom. The average molecular weight is 303 g/mol. The monoisotopic (exact) mass is 303 g/mol. The molecule has 21 heavy (non-hydrogen) atoms. The lowest BCUT2D eigenvalue weighted by atomic mass is 10.2. The Morgan fingerprint density at radius 3 is 2.38 bits per heavy atom. The van der Waals surface area contributed by atoms with Gasteiger partial charge in [0.05, 0.1) is 18.2 Å². The Morgan fingerprint density at radius 2 is 1.81 bits per heavy atom. The molecule has 1 heterocycles. The van der Waals surface area contributed by atoms with E-state index in [0.717, 1.165) is 10.6 Å². The summed E-state index contributed by atoms with van der Waals surface area (Å²) in [5.74, 6) is -1.43. The molecule has 1 N–H and O–H groups in total. The van der Waals surface area contributed by atoms with Gasteiger partial charge >= 0.3 is 11.9 Å². The summed E-state index contributed by atoms with van der Waals surface area (Å²) < 4.78 is 4.62. The molecule has 2 aromatic rings. The molecular weight excluding hydrogens is 290 g/mol. The van der Waals surface area contributed by atoms with Crippen molar-refractivity contribution in [3.05, 3.63) is 53.2 Å². The minimum atomic E-state index is -1.02. The van der Waals surface area contributed by atoms with E-state index in [2.05, 4.69) is 9.72 Å². The predicted molar refractivity (Wildman–Crippen MR) is 77.8 cm³/mol. The lowest BCUT2D eigenvalue weighted by molar-refractivity contribution is 0.0599. The van der Waals surface area contributed by atoms with Gasteiger partial charge in [-0.2, -0.15) is 0 Å². The first-order valence-corrected chi connectivity index (χ1v) is 6.90. The molecule has 5 nitrogen and oxygen atoms in total. The fourth-order valence-corrected chi connectivity index (χ4v) is 2.61. The molecule has 2 rings (SSSR count). The molecular formula is C15H13NO4S. The number of carbonyl (C=O) groups excluding carboxylic acids is 1. The second kappa shape index (κ2) is 6.41. The molecule has 108 valence electrons. The van der Waals surface area contributed by atoms with E-state index in [-0.39, 0.29) is 5.56 Å². The summed E-state index contributed by atoms with van der Waals surface area (Å²) in [6.45, 7) is 1.80. The van der Waals surface area contributed by atoms with Crippen LogP contribution in [0.3, 0.4) is 0 Å². The van der Waals surface area contributed by atoms with E-state index in [1.165, 1.54) is 24.9 Å². The standard InChI is InChI=1S/C15H13NO4S/c1-9-3-8-12(14(17)18)13(16-9)21-11-6-4-10(5-7-11)15(19)20-2/h3-8H,1-2H3,(H,17,18). The number of esters is 1. The third kappa shape index (κ3) is 3.61. The van der Waals surface area contributed by atoms with Crippen LogP contribution in [0.1, 0.15) is 26.4 Å². The molecule has 0 bridgehead atoms. The predicted octanol–water partition coefficient (Wildman–Crippen LogP) is 3.03. The molecule has 0 fully saturated rings. The molecule has 6 heteroatoms. The molecule has 0 spiro atoms. The number of rotatable bonds is 4. The number of aromatic nitrogens is 1. The quantitative estimate of drug-likeness (QED) is 0.875. The zero-order valence-electron chi connectivity index (χ0n) is 11.5. The van der Waals surface area contributed by atoms with Crippen molar-refractivity contribution in [1.29, 1.82) is 0 Å². The van der Waals surface area contributed by atoms with Gasteiger partial charge in [0.15, 0.2) is 0 Å². The van der Waals surface area contributed by atoms with Crippen LogP contribution < -0.4 is 0 Å². The molecule has 1 aromatic carbocycles. The Kier molecular flexibility index (Phi) is 4.59. The molecule has 0 radical (unpaired) electrons. The number of nitrogens with zero attached hydrogens (tertiary/aromatic N) is 1. The highest BCUT2D eigenvalue weighted by atomic mass is 32.2. The summed E-state index contributed by atoms with van der Waals surface area (Å²) in [5.41, 5.74) is 1.34. The fourth-order valence-electron chi connectivity index (χ4n) is 1.66. The maximum absolute atomic E-state index is 11.4. The highest BCUT2D eigenvalue weighted by Crippen LogP contribution is 2.29. The minimum Gasteiger partial charge on any atom is -0.478 e. The number of methoxy groups -OCH3 is 1. The zero-order chi connectivity index (χ0) is 15.4. The first-order chi connectivity index (χ1) is 10.0.